The number of nitrogens with one attached hydrogen (secondary N) is 1. The van der Waals surface area contributed by atoms with Crippen molar-refractivity contribution in [1.82, 2.24) is 19.9 Å². The molecular weight excluding hydrogens is 354 g/mol. The number of aryl methyl sites for hydroxylation is 1. The zero-order valence-electron chi connectivity index (χ0n) is 16.1. The molecule has 0 saturated carbocycles. The smallest absolute Gasteiger partial charge is 0.257 e. The molecule has 1 amide bonds. The minimum Gasteiger partial charge on any atom is -0.472 e. The molecule has 1 aliphatic heterocycles. The first-order valence-electron chi connectivity index (χ1n) is 9.46. The van der Waals surface area contributed by atoms with E-state index >= 15 is 0 Å². The molecule has 4 rings (SSSR count). The average molecular weight is 377 g/mol. The number of likely N-dealkylation sites (tertiary alicyclic amines) is 1. The van der Waals surface area contributed by atoms with E-state index in [-0.39, 0.29) is 11.9 Å². The van der Waals surface area contributed by atoms with Gasteiger partial charge in [-0.25, -0.2) is 9.97 Å². The summed E-state index contributed by atoms with van der Waals surface area (Å²) in [5.41, 5.74) is 3.34. The third-order valence-corrected chi connectivity index (χ3v) is 5.17. The third kappa shape index (κ3) is 3.74. The van der Waals surface area contributed by atoms with Gasteiger partial charge in [0.05, 0.1) is 11.8 Å². The summed E-state index contributed by atoms with van der Waals surface area (Å²) in [5, 5.41) is 3.56. The maximum atomic E-state index is 12.4. The van der Waals surface area contributed by atoms with E-state index in [1.54, 1.807) is 12.3 Å². The second kappa shape index (κ2) is 7.80. The number of furan rings is 1. The van der Waals surface area contributed by atoms with E-state index in [4.69, 9.17) is 9.40 Å². The number of hydrogen-bond donors (Lipinski definition) is 1. The van der Waals surface area contributed by atoms with Gasteiger partial charge >= 0.3 is 0 Å². The van der Waals surface area contributed by atoms with Crippen LogP contribution in [0.1, 0.15) is 34.5 Å². The molecule has 1 fully saturated rings. The lowest BCUT2D eigenvalue weighted by atomic mass is 10.0. The van der Waals surface area contributed by atoms with Crippen molar-refractivity contribution >= 4 is 11.7 Å². The summed E-state index contributed by atoms with van der Waals surface area (Å²) in [6.07, 6.45) is 6.50. The minimum atomic E-state index is 0.0266. The molecule has 1 saturated heterocycles. The summed E-state index contributed by atoms with van der Waals surface area (Å²) < 4.78 is 5.02. The zero-order chi connectivity index (χ0) is 19.5. The van der Waals surface area contributed by atoms with E-state index in [0.717, 1.165) is 35.6 Å². The number of hydrogen-bond acceptors (Lipinski definition) is 6. The van der Waals surface area contributed by atoms with Gasteiger partial charge in [0.25, 0.3) is 5.91 Å². The van der Waals surface area contributed by atoms with Crippen LogP contribution in [0.15, 0.2) is 47.4 Å². The number of carbonyl (C=O) groups is 1. The molecule has 0 atom stereocenters. The van der Waals surface area contributed by atoms with Gasteiger partial charge in [0.15, 0.2) is 5.82 Å². The van der Waals surface area contributed by atoms with Gasteiger partial charge in [-0.1, -0.05) is 6.07 Å². The molecule has 0 unspecified atom stereocenters. The Hall–Kier alpha value is -3.22. The fourth-order valence-corrected chi connectivity index (χ4v) is 3.37. The van der Waals surface area contributed by atoms with Crippen molar-refractivity contribution in [3.63, 3.8) is 0 Å². The number of carbonyl (C=O) groups excluding carboxylic acids is 1. The lowest BCUT2D eigenvalue weighted by Crippen LogP contribution is -2.42. The van der Waals surface area contributed by atoms with Gasteiger partial charge in [0.1, 0.15) is 17.8 Å². The van der Waals surface area contributed by atoms with Crippen molar-refractivity contribution in [2.24, 2.45) is 0 Å². The van der Waals surface area contributed by atoms with Crippen LogP contribution in [-0.2, 0) is 0 Å². The van der Waals surface area contributed by atoms with Crippen LogP contribution in [0.25, 0.3) is 11.5 Å². The average Bonchev–Trinajstić information content (AvgIpc) is 3.27. The fraction of sp³-hybridized carbons (Fsp3) is 0.333. The van der Waals surface area contributed by atoms with Gasteiger partial charge in [-0.05, 0) is 44.9 Å². The zero-order valence-corrected chi connectivity index (χ0v) is 16.1. The Kier molecular flexibility index (Phi) is 5.06. The Morgan fingerprint density at radius 3 is 2.68 bits per heavy atom. The van der Waals surface area contributed by atoms with E-state index in [0.29, 0.717) is 24.5 Å². The molecule has 144 valence electrons. The highest BCUT2D eigenvalue weighted by Crippen LogP contribution is 2.23. The normalized spacial score (nSPS) is 14.9. The van der Waals surface area contributed by atoms with Crippen LogP contribution in [0.4, 0.5) is 5.82 Å². The van der Waals surface area contributed by atoms with E-state index in [1.165, 1.54) is 12.5 Å². The maximum absolute atomic E-state index is 12.4. The Labute approximate surface area is 163 Å². The van der Waals surface area contributed by atoms with Gasteiger partial charge < -0.3 is 14.6 Å². The Morgan fingerprint density at radius 2 is 2.00 bits per heavy atom. The van der Waals surface area contributed by atoms with Gasteiger partial charge in [0.2, 0.25) is 0 Å². The van der Waals surface area contributed by atoms with Crippen molar-refractivity contribution in [1.29, 1.82) is 0 Å². The molecule has 0 radical (unpaired) electrons. The molecule has 1 aliphatic rings. The van der Waals surface area contributed by atoms with Crippen molar-refractivity contribution in [2.45, 2.75) is 32.7 Å². The van der Waals surface area contributed by atoms with E-state index in [1.807, 2.05) is 36.9 Å². The second-order valence-corrected chi connectivity index (χ2v) is 7.04. The molecule has 1 N–H and O–H groups in total. The molecule has 0 aliphatic carbocycles. The lowest BCUT2D eigenvalue weighted by molar-refractivity contribution is 0.0717. The van der Waals surface area contributed by atoms with Crippen molar-refractivity contribution in [3.8, 4) is 11.5 Å². The van der Waals surface area contributed by atoms with Crippen molar-refractivity contribution in [3.05, 3.63) is 59.8 Å². The third-order valence-electron chi connectivity index (χ3n) is 5.17. The molecule has 3 aromatic rings. The van der Waals surface area contributed by atoms with Crippen LogP contribution >= 0.6 is 0 Å². The molecule has 7 heteroatoms. The quantitative estimate of drug-likeness (QED) is 0.749. The monoisotopic (exact) mass is 377 g/mol. The Balaban J connectivity index is 1.45. The predicted molar refractivity (Wildman–Crippen MR) is 106 cm³/mol. The van der Waals surface area contributed by atoms with E-state index < -0.39 is 0 Å². The van der Waals surface area contributed by atoms with Crippen LogP contribution in [0, 0.1) is 13.8 Å². The van der Waals surface area contributed by atoms with Gasteiger partial charge in [-0.2, -0.15) is 0 Å². The Bertz CT molecular complexity index is 948. The molecule has 0 bridgehead atoms. The SMILES string of the molecule is Cc1nc(-c2ccccn2)nc(NC2CCN(C(=O)c3ccoc3)CC2)c1C. The first kappa shape index (κ1) is 18.2. The minimum absolute atomic E-state index is 0.0266. The van der Waals surface area contributed by atoms with E-state index in [2.05, 4.69) is 15.3 Å². The molecule has 0 aromatic carbocycles. The van der Waals surface area contributed by atoms with Crippen LogP contribution < -0.4 is 5.32 Å². The maximum Gasteiger partial charge on any atom is 0.257 e. The number of pyridine rings is 1. The summed E-state index contributed by atoms with van der Waals surface area (Å²) in [6.45, 7) is 5.42. The standard InChI is InChI=1S/C21H23N5O2/c1-14-15(2)23-20(18-5-3-4-9-22-18)25-19(14)24-17-6-10-26(11-7-17)21(27)16-8-12-28-13-16/h3-5,8-9,12-13,17H,6-7,10-11H2,1-2H3,(H,23,24,25). The highest BCUT2D eigenvalue weighted by atomic mass is 16.3. The first-order valence-corrected chi connectivity index (χ1v) is 9.46. The molecule has 28 heavy (non-hydrogen) atoms. The van der Waals surface area contributed by atoms with Crippen molar-refractivity contribution < 1.29 is 9.21 Å². The van der Waals surface area contributed by atoms with Crippen LogP contribution in [-0.4, -0.2) is 44.9 Å². The number of anilines is 1. The lowest BCUT2D eigenvalue weighted by Gasteiger charge is -2.32. The predicted octanol–water partition coefficient (Wildman–Crippen LogP) is 3.47. The molecule has 0 spiro atoms. The fourth-order valence-electron chi connectivity index (χ4n) is 3.37. The summed E-state index contributed by atoms with van der Waals surface area (Å²) in [7, 11) is 0. The van der Waals surface area contributed by atoms with Crippen LogP contribution in [0.5, 0.6) is 0 Å². The summed E-state index contributed by atoms with van der Waals surface area (Å²) >= 11 is 0. The van der Waals surface area contributed by atoms with Gasteiger partial charge in [-0.3, -0.25) is 9.78 Å². The molecule has 4 heterocycles. The molecular formula is C21H23N5O2. The highest BCUT2D eigenvalue weighted by Gasteiger charge is 2.25. The number of rotatable bonds is 4. The topological polar surface area (TPSA) is 84.2 Å². The van der Waals surface area contributed by atoms with Crippen molar-refractivity contribution in [2.75, 3.05) is 18.4 Å². The number of piperidine rings is 1. The number of nitrogens with zero attached hydrogens (tertiary/aromatic N) is 4. The van der Waals surface area contributed by atoms with Crippen LogP contribution in [0.3, 0.4) is 0 Å². The Morgan fingerprint density at radius 1 is 1.18 bits per heavy atom. The molecule has 3 aromatic heterocycles. The number of amides is 1. The summed E-state index contributed by atoms with van der Waals surface area (Å²) in [6, 6.07) is 7.69. The summed E-state index contributed by atoms with van der Waals surface area (Å²) in [4.78, 5) is 28.0. The van der Waals surface area contributed by atoms with Crippen LogP contribution in [0.2, 0.25) is 0 Å². The highest BCUT2D eigenvalue weighted by molar-refractivity contribution is 5.93. The largest absolute Gasteiger partial charge is 0.472 e. The van der Waals surface area contributed by atoms with Gasteiger partial charge in [-0.15, -0.1) is 0 Å². The van der Waals surface area contributed by atoms with Gasteiger partial charge in [0, 0.05) is 36.6 Å². The van der Waals surface area contributed by atoms with E-state index in [9.17, 15) is 4.79 Å². The molecule has 7 nitrogen and oxygen atoms in total. The first-order chi connectivity index (χ1) is 13.6. The second-order valence-electron chi connectivity index (χ2n) is 7.04. The number of aromatic nitrogens is 3. The summed E-state index contributed by atoms with van der Waals surface area (Å²) in [5.74, 6) is 1.49.